The summed E-state index contributed by atoms with van der Waals surface area (Å²) >= 11 is 6.79. The zero-order chi connectivity index (χ0) is 25.1. The van der Waals surface area contributed by atoms with E-state index >= 15 is 0 Å². The average molecular weight is 519 g/mol. The molecule has 1 amide bonds. The van der Waals surface area contributed by atoms with Crippen LogP contribution in [-0.4, -0.2) is 32.4 Å². The molecule has 0 N–H and O–H groups in total. The lowest BCUT2D eigenvalue weighted by Crippen LogP contribution is -2.27. The first-order chi connectivity index (χ1) is 17.5. The summed E-state index contributed by atoms with van der Waals surface area (Å²) in [7, 11) is 0. The van der Waals surface area contributed by atoms with Gasteiger partial charge in [0.2, 0.25) is 0 Å². The maximum absolute atomic E-state index is 13.1. The highest BCUT2D eigenvalue weighted by molar-refractivity contribution is 8.26. The fourth-order valence-electron chi connectivity index (χ4n) is 4.06. The van der Waals surface area contributed by atoms with E-state index in [1.807, 2.05) is 62.4 Å². The zero-order valence-corrected chi connectivity index (χ0v) is 21.7. The number of amides is 1. The van der Waals surface area contributed by atoms with E-state index in [1.54, 1.807) is 17.2 Å². The number of hydrogen-bond donors (Lipinski definition) is 0. The molecule has 1 fully saturated rings. The van der Waals surface area contributed by atoms with Crippen LogP contribution in [0.25, 0.3) is 17.0 Å². The summed E-state index contributed by atoms with van der Waals surface area (Å²) in [5.74, 6) is 2.22. The first-order valence-corrected chi connectivity index (χ1v) is 13.0. The predicted octanol–water partition coefficient (Wildman–Crippen LogP) is 6.50. The second kappa shape index (κ2) is 10.6. The minimum absolute atomic E-state index is 0.105. The van der Waals surface area contributed by atoms with E-state index in [4.69, 9.17) is 26.1 Å². The van der Waals surface area contributed by atoms with Crippen LogP contribution in [0.3, 0.4) is 0 Å². The van der Waals surface area contributed by atoms with Crippen LogP contribution in [0, 0.1) is 0 Å². The normalized spacial score (nSPS) is 15.0. The number of para-hydroxylation sites is 1. The molecule has 1 saturated heterocycles. The van der Waals surface area contributed by atoms with Gasteiger partial charge in [0.05, 0.1) is 30.4 Å². The molecular weight excluding hydrogens is 492 g/mol. The number of aromatic nitrogens is 1. The third kappa shape index (κ3) is 5.34. The first-order valence-electron chi connectivity index (χ1n) is 11.7. The summed E-state index contributed by atoms with van der Waals surface area (Å²) in [4.78, 5) is 15.3. The van der Waals surface area contributed by atoms with Gasteiger partial charge in [-0.3, -0.25) is 9.69 Å². The van der Waals surface area contributed by atoms with Gasteiger partial charge in [-0.05, 0) is 62.4 Å². The van der Waals surface area contributed by atoms with Crippen LogP contribution in [-0.2, 0) is 17.9 Å². The zero-order valence-electron chi connectivity index (χ0n) is 20.0. The van der Waals surface area contributed by atoms with Crippen LogP contribution in [0.4, 0.5) is 0 Å². The maximum Gasteiger partial charge on any atom is 0.266 e. The lowest BCUT2D eigenvalue weighted by Gasteiger charge is -2.11. The van der Waals surface area contributed by atoms with Gasteiger partial charge in [-0.25, -0.2) is 0 Å². The van der Waals surface area contributed by atoms with Crippen molar-refractivity contribution in [1.82, 2.24) is 9.47 Å². The lowest BCUT2D eigenvalue weighted by atomic mass is 10.1. The van der Waals surface area contributed by atoms with Gasteiger partial charge in [-0.2, -0.15) is 0 Å². The van der Waals surface area contributed by atoms with Gasteiger partial charge in [0.15, 0.2) is 0 Å². The van der Waals surface area contributed by atoms with E-state index in [1.165, 1.54) is 11.8 Å². The summed E-state index contributed by atoms with van der Waals surface area (Å²) in [6.45, 7) is 5.51. The van der Waals surface area contributed by atoms with Gasteiger partial charge in [-0.1, -0.05) is 42.2 Å². The Morgan fingerprint density at radius 3 is 2.58 bits per heavy atom. The maximum atomic E-state index is 13.1. The van der Waals surface area contributed by atoms with Crippen molar-refractivity contribution in [2.24, 2.45) is 0 Å². The number of benzene rings is 2. The molecule has 6 nitrogen and oxygen atoms in total. The van der Waals surface area contributed by atoms with Gasteiger partial charge in [-0.15, -0.1) is 0 Å². The molecule has 0 radical (unpaired) electrons. The number of hydrogen-bond acceptors (Lipinski definition) is 6. The molecule has 4 aromatic rings. The highest BCUT2D eigenvalue weighted by Gasteiger charge is 2.32. The fourth-order valence-corrected chi connectivity index (χ4v) is 5.31. The molecule has 1 aliphatic heterocycles. The monoisotopic (exact) mass is 518 g/mol. The highest BCUT2D eigenvalue weighted by Crippen LogP contribution is 2.35. The van der Waals surface area contributed by atoms with Crippen molar-refractivity contribution >= 4 is 51.2 Å². The molecular formula is C28H26N2O4S2. The standard InChI is InChI=1S/C28H26N2O4S2/c1-19(2)34-22-11-9-21(10-12-22)33-15-13-29-17-20(24-7-3-4-8-25(24)29)16-26-27(31)30(28(35)36-26)18-23-6-5-14-32-23/h3-12,14,16-17,19H,13,15,18H2,1-2H3/b26-16-. The van der Waals surface area contributed by atoms with Gasteiger partial charge in [0.25, 0.3) is 5.91 Å². The number of thiocarbonyl (C=S) groups is 1. The number of thioether (sulfide) groups is 1. The van der Waals surface area contributed by atoms with Crippen molar-refractivity contribution in [3.05, 3.63) is 89.4 Å². The quantitative estimate of drug-likeness (QED) is 0.186. The molecule has 0 saturated carbocycles. The van der Waals surface area contributed by atoms with Crippen LogP contribution in [0.2, 0.25) is 0 Å². The number of furan rings is 1. The molecule has 0 unspecified atom stereocenters. The van der Waals surface area contributed by atoms with E-state index in [2.05, 4.69) is 22.9 Å². The third-order valence-corrected chi connectivity index (χ3v) is 7.05. The Morgan fingerprint density at radius 2 is 1.83 bits per heavy atom. The van der Waals surface area contributed by atoms with Gasteiger partial charge < -0.3 is 18.5 Å². The minimum atomic E-state index is -0.105. The Labute approximate surface area is 219 Å². The molecule has 5 rings (SSSR count). The second-order valence-corrected chi connectivity index (χ2v) is 10.3. The molecule has 0 aliphatic carbocycles. The smallest absolute Gasteiger partial charge is 0.266 e. The summed E-state index contributed by atoms with van der Waals surface area (Å²) in [6.07, 6.45) is 5.72. The van der Waals surface area contributed by atoms with Crippen LogP contribution >= 0.6 is 24.0 Å². The molecule has 2 aromatic heterocycles. The van der Waals surface area contributed by atoms with Gasteiger partial charge in [0.1, 0.15) is 28.2 Å². The van der Waals surface area contributed by atoms with Gasteiger partial charge in [0, 0.05) is 22.7 Å². The summed E-state index contributed by atoms with van der Waals surface area (Å²) in [5, 5.41) is 1.07. The molecule has 184 valence electrons. The number of carbonyl (C=O) groups excluding carboxylic acids is 1. The van der Waals surface area contributed by atoms with Crippen molar-refractivity contribution in [2.45, 2.75) is 33.0 Å². The molecule has 1 aliphatic rings. The Balaban J connectivity index is 1.30. The van der Waals surface area contributed by atoms with Gasteiger partial charge >= 0.3 is 0 Å². The molecule has 2 aromatic carbocycles. The van der Waals surface area contributed by atoms with E-state index in [0.29, 0.717) is 34.7 Å². The van der Waals surface area contributed by atoms with Crippen molar-refractivity contribution < 1.29 is 18.7 Å². The van der Waals surface area contributed by atoms with E-state index < -0.39 is 0 Å². The number of ether oxygens (including phenoxy) is 2. The summed E-state index contributed by atoms with van der Waals surface area (Å²) in [5.41, 5.74) is 2.05. The number of fused-ring (bicyclic) bond motifs is 1. The summed E-state index contributed by atoms with van der Waals surface area (Å²) < 4.78 is 19.7. The van der Waals surface area contributed by atoms with Crippen LogP contribution in [0.5, 0.6) is 11.5 Å². The van der Waals surface area contributed by atoms with E-state index in [-0.39, 0.29) is 12.0 Å². The van der Waals surface area contributed by atoms with Crippen LogP contribution < -0.4 is 9.47 Å². The Morgan fingerprint density at radius 1 is 1.06 bits per heavy atom. The topological polar surface area (TPSA) is 56.8 Å². The largest absolute Gasteiger partial charge is 0.492 e. The molecule has 0 atom stereocenters. The lowest BCUT2D eigenvalue weighted by molar-refractivity contribution is -0.122. The first kappa shape index (κ1) is 24.2. The number of nitrogens with zero attached hydrogens (tertiary/aromatic N) is 2. The predicted molar refractivity (Wildman–Crippen MR) is 147 cm³/mol. The third-order valence-electron chi connectivity index (χ3n) is 5.67. The highest BCUT2D eigenvalue weighted by atomic mass is 32.2. The second-order valence-electron chi connectivity index (χ2n) is 8.63. The molecule has 36 heavy (non-hydrogen) atoms. The Hall–Kier alpha value is -3.49. The average Bonchev–Trinajstić information content (AvgIpc) is 3.56. The SMILES string of the molecule is CC(C)Oc1ccc(OCCn2cc(/C=C3\SC(=S)N(Cc4ccco4)C3=O)c3ccccc32)cc1. The molecule has 0 bridgehead atoms. The van der Waals surface area contributed by atoms with E-state index in [9.17, 15) is 4.79 Å². The minimum Gasteiger partial charge on any atom is -0.492 e. The molecule has 3 heterocycles. The Kier molecular flexibility index (Phi) is 7.16. The van der Waals surface area contributed by atoms with Crippen molar-refractivity contribution in [1.29, 1.82) is 0 Å². The van der Waals surface area contributed by atoms with E-state index in [0.717, 1.165) is 28.0 Å². The van der Waals surface area contributed by atoms with Crippen LogP contribution in [0.1, 0.15) is 25.2 Å². The number of rotatable bonds is 9. The molecule has 0 spiro atoms. The van der Waals surface area contributed by atoms with Crippen molar-refractivity contribution in [3.8, 4) is 11.5 Å². The molecule has 8 heteroatoms. The fraction of sp³-hybridized carbons (Fsp3) is 0.214. The number of carbonyl (C=O) groups is 1. The van der Waals surface area contributed by atoms with Crippen molar-refractivity contribution in [2.75, 3.05) is 6.61 Å². The Bertz CT molecular complexity index is 1410. The van der Waals surface area contributed by atoms with Crippen LogP contribution in [0.15, 0.2) is 82.4 Å². The summed E-state index contributed by atoms with van der Waals surface area (Å²) in [6, 6.07) is 19.5. The van der Waals surface area contributed by atoms with Crippen molar-refractivity contribution in [3.63, 3.8) is 0 Å².